The van der Waals surface area contributed by atoms with Gasteiger partial charge in [-0.3, -0.25) is 9.59 Å². The Morgan fingerprint density at radius 2 is 1.68 bits per heavy atom. The molecule has 2 amide bonds. The Morgan fingerprint density at radius 1 is 1.06 bits per heavy atom. The summed E-state index contributed by atoms with van der Waals surface area (Å²) in [6.07, 6.45) is 8.26. The number of rotatable bonds is 10. The summed E-state index contributed by atoms with van der Waals surface area (Å²) < 4.78 is 27.7. The summed E-state index contributed by atoms with van der Waals surface area (Å²) in [5, 5.41) is 5.93. The highest BCUT2D eigenvalue weighted by Gasteiger charge is 2.55. The average molecular weight is 490 g/mol. The number of benzene rings is 1. The van der Waals surface area contributed by atoms with E-state index >= 15 is 0 Å². The van der Waals surface area contributed by atoms with Crippen molar-refractivity contribution in [2.45, 2.75) is 83.1 Å². The Kier molecular flexibility index (Phi) is 7.38. The molecular weight excluding hydrogens is 450 g/mol. The van der Waals surface area contributed by atoms with Gasteiger partial charge in [0.1, 0.15) is 6.04 Å². The van der Waals surface area contributed by atoms with Crippen molar-refractivity contribution in [3.05, 3.63) is 24.3 Å². The van der Waals surface area contributed by atoms with E-state index in [9.17, 15) is 18.0 Å². The monoisotopic (exact) mass is 489 g/mol. The summed E-state index contributed by atoms with van der Waals surface area (Å²) >= 11 is 0. The first kappa shape index (κ1) is 25.2. The predicted molar refractivity (Wildman–Crippen MR) is 133 cm³/mol. The number of hydrogen-bond donors (Lipinski definition) is 3. The van der Waals surface area contributed by atoms with Crippen molar-refractivity contribution in [1.82, 2.24) is 10.0 Å². The third-order valence-corrected chi connectivity index (χ3v) is 9.45. The Morgan fingerprint density at radius 3 is 2.24 bits per heavy atom. The van der Waals surface area contributed by atoms with Crippen molar-refractivity contribution in [3.8, 4) is 0 Å². The second-order valence-electron chi connectivity index (χ2n) is 11.2. The number of nitrogens with one attached hydrogen (secondary N) is 3. The lowest BCUT2D eigenvalue weighted by atomic mass is 9.49. The van der Waals surface area contributed by atoms with Gasteiger partial charge >= 0.3 is 0 Å². The fourth-order valence-electron chi connectivity index (χ4n) is 6.65. The van der Waals surface area contributed by atoms with Gasteiger partial charge in [-0.2, -0.15) is 0 Å². The second kappa shape index (κ2) is 9.97. The van der Waals surface area contributed by atoms with Gasteiger partial charge in [-0.15, -0.1) is 0 Å². The minimum absolute atomic E-state index is 0.0249. The third kappa shape index (κ3) is 5.33. The van der Waals surface area contributed by atoms with Crippen molar-refractivity contribution in [1.29, 1.82) is 0 Å². The summed E-state index contributed by atoms with van der Waals surface area (Å²) in [5.41, 5.74) is 0.0819. The van der Waals surface area contributed by atoms with Crippen LogP contribution in [0.3, 0.4) is 0 Å². The molecular formula is C26H39N3O4S. The molecule has 5 rings (SSSR count). The van der Waals surface area contributed by atoms with Crippen LogP contribution in [0.4, 0.5) is 5.69 Å². The summed E-state index contributed by atoms with van der Waals surface area (Å²) in [5.74, 6) is 1.57. The Labute approximate surface area is 203 Å². The minimum atomic E-state index is -3.64. The lowest BCUT2D eigenvalue weighted by molar-refractivity contribution is -0.148. The summed E-state index contributed by atoms with van der Waals surface area (Å²) in [4.78, 5) is 26.8. The van der Waals surface area contributed by atoms with E-state index in [1.807, 2.05) is 20.8 Å². The van der Waals surface area contributed by atoms with Crippen LogP contribution in [0.25, 0.3) is 0 Å². The molecule has 4 bridgehead atoms. The largest absolute Gasteiger partial charge is 0.344 e. The average Bonchev–Trinajstić information content (AvgIpc) is 2.76. The maximum atomic E-state index is 13.5. The highest BCUT2D eigenvalue weighted by atomic mass is 32.2. The molecule has 0 radical (unpaired) electrons. The van der Waals surface area contributed by atoms with Gasteiger partial charge in [0, 0.05) is 17.6 Å². The van der Waals surface area contributed by atoms with Crippen LogP contribution in [0.5, 0.6) is 0 Å². The number of carbonyl (C=O) groups is 2. The van der Waals surface area contributed by atoms with Crippen LogP contribution in [0.2, 0.25) is 0 Å². The molecule has 0 spiro atoms. The lowest BCUT2D eigenvalue weighted by Gasteiger charge is -2.55. The van der Waals surface area contributed by atoms with Gasteiger partial charge in [-0.25, -0.2) is 13.1 Å². The zero-order valence-electron chi connectivity index (χ0n) is 20.6. The van der Waals surface area contributed by atoms with Crippen LogP contribution in [-0.2, 0) is 19.6 Å². The van der Waals surface area contributed by atoms with E-state index in [1.165, 1.54) is 31.4 Å². The van der Waals surface area contributed by atoms with Gasteiger partial charge in [-0.1, -0.05) is 33.3 Å². The quantitative estimate of drug-likeness (QED) is 0.431. The topological polar surface area (TPSA) is 104 Å². The maximum Gasteiger partial charge on any atom is 0.247 e. The molecule has 1 aromatic carbocycles. The molecule has 0 aromatic heterocycles. The molecule has 34 heavy (non-hydrogen) atoms. The number of anilines is 1. The van der Waals surface area contributed by atoms with Crippen LogP contribution in [-0.4, -0.2) is 32.8 Å². The third-order valence-electron chi connectivity index (χ3n) is 7.99. The standard InChI is InChI=1S/C26H39N3O4S/c1-4-5-9-27-34(32,33)22-8-6-7-21(13-22)28-24(30)23(17(2)3)29-25(31)26-14-18-10-19(15-26)12-20(11-18)16-26/h6-8,13,17-20,23,27H,4-5,9-12,14-16H2,1-3H3,(H,28,30)(H,29,31)/t18?,19?,20?,23-,26?/m0/s1. The second-order valence-corrected chi connectivity index (χ2v) is 12.9. The smallest absolute Gasteiger partial charge is 0.247 e. The van der Waals surface area contributed by atoms with Crippen LogP contribution in [0, 0.1) is 29.1 Å². The predicted octanol–water partition coefficient (Wildman–Crippen LogP) is 4.06. The molecule has 3 N–H and O–H groups in total. The SMILES string of the molecule is CCCCNS(=O)(=O)c1cccc(NC(=O)[C@@H](NC(=O)C23CC4CC(CC(C4)C2)C3)C(C)C)c1. The van der Waals surface area contributed by atoms with Crippen LogP contribution >= 0.6 is 0 Å². The highest BCUT2D eigenvalue weighted by molar-refractivity contribution is 7.89. The number of carbonyl (C=O) groups excluding carboxylic acids is 2. The first-order valence-corrected chi connectivity index (χ1v) is 14.3. The minimum Gasteiger partial charge on any atom is -0.344 e. The van der Waals surface area contributed by atoms with E-state index in [2.05, 4.69) is 15.4 Å². The van der Waals surface area contributed by atoms with Crippen molar-refractivity contribution in [3.63, 3.8) is 0 Å². The molecule has 8 heteroatoms. The Balaban J connectivity index is 1.43. The summed E-state index contributed by atoms with van der Waals surface area (Å²) in [6, 6.07) is 5.58. The zero-order chi connectivity index (χ0) is 24.5. The fourth-order valence-corrected chi connectivity index (χ4v) is 7.77. The van der Waals surface area contributed by atoms with Crippen molar-refractivity contribution < 1.29 is 18.0 Å². The fraction of sp³-hybridized carbons (Fsp3) is 0.692. The molecule has 4 aliphatic rings. The van der Waals surface area contributed by atoms with Gasteiger partial charge in [-0.05, 0) is 86.8 Å². The summed E-state index contributed by atoms with van der Waals surface area (Å²) in [6.45, 7) is 6.21. The van der Waals surface area contributed by atoms with Crippen LogP contribution < -0.4 is 15.4 Å². The molecule has 4 fully saturated rings. The van der Waals surface area contributed by atoms with Gasteiger partial charge < -0.3 is 10.6 Å². The molecule has 1 aromatic rings. The van der Waals surface area contributed by atoms with Gasteiger partial charge in [0.2, 0.25) is 21.8 Å². The molecule has 0 heterocycles. The van der Waals surface area contributed by atoms with Crippen molar-refractivity contribution >= 4 is 27.5 Å². The molecule has 0 unspecified atom stereocenters. The number of sulfonamides is 1. The summed E-state index contributed by atoms with van der Waals surface area (Å²) in [7, 11) is -3.64. The van der Waals surface area contributed by atoms with Crippen LogP contribution in [0.15, 0.2) is 29.2 Å². The van der Waals surface area contributed by atoms with Crippen molar-refractivity contribution in [2.75, 3.05) is 11.9 Å². The first-order valence-electron chi connectivity index (χ1n) is 12.8. The Hall–Kier alpha value is -1.93. The number of hydrogen-bond acceptors (Lipinski definition) is 4. The lowest BCUT2D eigenvalue weighted by Crippen LogP contribution is -2.57. The highest BCUT2D eigenvalue weighted by Crippen LogP contribution is 2.60. The number of amides is 2. The molecule has 7 nitrogen and oxygen atoms in total. The molecule has 188 valence electrons. The van der Waals surface area contributed by atoms with E-state index in [0.717, 1.165) is 32.1 Å². The van der Waals surface area contributed by atoms with Gasteiger partial charge in [0.25, 0.3) is 0 Å². The molecule has 4 saturated carbocycles. The van der Waals surface area contributed by atoms with Crippen molar-refractivity contribution in [2.24, 2.45) is 29.1 Å². The molecule has 0 aliphatic heterocycles. The van der Waals surface area contributed by atoms with E-state index in [1.54, 1.807) is 12.1 Å². The van der Waals surface area contributed by atoms with Gasteiger partial charge in [0.15, 0.2) is 0 Å². The van der Waals surface area contributed by atoms with E-state index in [4.69, 9.17) is 0 Å². The van der Waals surface area contributed by atoms with E-state index < -0.39 is 16.1 Å². The number of unbranched alkanes of at least 4 members (excludes halogenated alkanes) is 1. The van der Waals surface area contributed by atoms with E-state index in [0.29, 0.717) is 30.0 Å². The molecule has 4 aliphatic carbocycles. The maximum absolute atomic E-state index is 13.5. The normalized spacial score (nSPS) is 28.6. The first-order chi connectivity index (χ1) is 16.1. The Bertz CT molecular complexity index is 985. The van der Waals surface area contributed by atoms with Gasteiger partial charge in [0.05, 0.1) is 4.90 Å². The molecule has 1 atom stereocenters. The van der Waals surface area contributed by atoms with E-state index in [-0.39, 0.29) is 28.0 Å². The van der Waals surface area contributed by atoms with Crippen LogP contribution in [0.1, 0.15) is 72.1 Å². The molecule has 0 saturated heterocycles. The zero-order valence-corrected chi connectivity index (χ0v) is 21.4.